The minimum absolute atomic E-state index is 0.105. The first-order valence-corrected chi connectivity index (χ1v) is 8.11. The van der Waals surface area contributed by atoms with Crippen molar-refractivity contribution in [2.24, 2.45) is 0 Å². The maximum absolute atomic E-state index is 12.8. The highest BCUT2D eigenvalue weighted by Gasteiger charge is 2.25. The van der Waals surface area contributed by atoms with E-state index in [1.807, 2.05) is 0 Å². The molecular weight excluding hydrogens is 325 g/mol. The summed E-state index contributed by atoms with van der Waals surface area (Å²) in [5.74, 6) is -0.449. The molecule has 0 aliphatic carbocycles. The summed E-state index contributed by atoms with van der Waals surface area (Å²) < 4.78 is 41.2. The van der Waals surface area contributed by atoms with Crippen molar-refractivity contribution >= 4 is 43.6 Å². The first-order valence-electron chi connectivity index (χ1n) is 5.37. The van der Waals surface area contributed by atoms with Gasteiger partial charge in [-0.1, -0.05) is 11.6 Å². The van der Waals surface area contributed by atoms with Crippen LogP contribution in [0.5, 0.6) is 0 Å². The number of thiazole rings is 1. The number of nitrogens with zero attached hydrogens (tertiary/aromatic N) is 2. The van der Waals surface area contributed by atoms with E-state index in [0.717, 1.165) is 12.1 Å². The van der Waals surface area contributed by atoms with Crippen LogP contribution in [0.1, 0.15) is 0 Å². The molecule has 0 unspecified atom stereocenters. The van der Waals surface area contributed by atoms with Gasteiger partial charge in [0.05, 0.1) is 0 Å². The van der Waals surface area contributed by atoms with Gasteiger partial charge in [0.2, 0.25) is 0 Å². The molecule has 0 aliphatic heterocycles. The first-order chi connectivity index (χ1) is 9.47. The zero-order chi connectivity index (χ0) is 14.3. The molecule has 2 aromatic heterocycles. The summed E-state index contributed by atoms with van der Waals surface area (Å²) in [4.78, 5) is 4.44. The van der Waals surface area contributed by atoms with Crippen LogP contribution in [0.15, 0.2) is 40.9 Å². The van der Waals surface area contributed by atoms with Crippen molar-refractivity contribution in [3.63, 3.8) is 0 Å². The van der Waals surface area contributed by atoms with Gasteiger partial charge in [-0.25, -0.2) is 9.37 Å². The summed E-state index contributed by atoms with van der Waals surface area (Å²) in [5.41, 5.74) is 0.243. The molecular formula is C11H7ClFN3O2S2. The van der Waals surface area contributed by atoms with E-state index in [1.165, 1.54) is 27.9 Å². The topological polar surface area (TPSA) is 63.5 Å². The van der Waals surface area contributed by atoms with Crippen LogP contribution < -0.4 is 4.72 Å². The van der Waals surface area contributed by atoms with Gasteiger partial charge in [-0.15, -0.1) is 11.3 Å². The average molecular weight is 332 g/mol. The Morgan fingerprint density at radius 1 is 1.30 bits per heavy atom. The Hall–Kier alpha value is -1.64. The fourth-order valence-corrected chi connectivity index (χ4v) is 4.21. The minimum atomic E-state index is -3.91. The number of hydrogen-bond donors (Lipinski definition) is 1. The van der Waals surface area contributed by atoms with E-state index in [4.69, 9.17) is 11.6 Å². The van der Waals surface area contributed by atoms with Gasteiger partial charge in [0.1, 0.15) is 5.82 Å². The lowest BCUT2D eigenvalue weighted by Crippen LogP contribution is -2.15. The number of sulfonamides is 1. The van der Waals surface area contributed by atoms with E-state index in [0.29, 0.717) is 4.96 Å². The summed E-state index contributed by atoms with van der Waals surface area (Å²) in [5, 5.41) is 1.46. The molecule has 0 fully saturated rings. The fourth-order valence-electron chi connectivity index (χ4n) is 1.70. The Morgan fingerprint density at radius 2 is 2.00 bits per heavy atom. The second kappa shape index (κ2) is 4.72. The van der Waals surface area contributed by atoms with Crippen LogP contribution in [0.25, 0.3) is 4.96 Å². The zero-order valence-corrected chi connectivity index (χ0v) is 12.1. The molecule has 0 saturated heterocycles. The number of aromatic nitrogens is 2. The van der Waals surface area contributed by atoms with Crippen LogP contribution in [0.3, 0.4) is 0 Å². The van der Waals surface area contributed by atoms with E-state index in [2.05, 4.69) is 9.71 Å². The van der Waals surface area contributed by atoms with Crippen molar-refractivity contribution < 1.29 is 12.8 Å². The predicted molar refractivity (Wildman–Crippen MR) is 75.3 cm³/mol. The molecule has 0 saturated carbocycles. The number of nitrogens with one attached hydrogen (secondary N) is 1. The van der Waals surface area contributed by atoms with Crippen molar-refractivity contribution in [2.75, 3.05) is 4.72 Å². The third kappa shape index (κ3) is 2.26. The Labute approximate surface area is 122 Å². The SMILES string of the molecule is O=S(=O)(Nc1ccc(F)cc1)c1c(Cl)nc2sccn12. The van der Waals surface area contributed by atoms with Gasteiger partial charge in [0.15, 0.2) is 15.1 Å². The number of rotatable bonds is 3. The lowest BCUT2D eigenvalue weighted by atomic mass is 10.3. The number of imidazole rings is 1. The molecule has 0 bridgehead atoms. The predicted octanol–water partition coefficient (Wildman–Crippen LogP) is 2.99. The molecule has 1 N–H and O–H groups in total. The van der Waals surface area contributed by atoms with Crippen LogP contribution in [-0.4, -0.2) is 17.8 Å². The Kier molecular flexibility index (Phi) is 3.15. The van der Waals surface area contributed by atoms with Crippen molar-refractivity contribution in [1.82, 2.24) is 9.38 Å². The molecule has 0 amide bonds. The third-order valence-electron chi connectivity index (χ3n) is 2.53. The molecule has 0 atom stereocenters. The standard InChI is InChI=1S/C11H7ClFN3O2S2/c12-9-10(16-5-6-19-11(16)14-9)20(17,18)15-8-3-1-7(13)2-4-8/h1-6,15H. The van der Waals surface area contributed by atoms with Crippen molar-refractivity contribution in [3.8, 4) is 0 Å². The second-order valence-electron chi connectivity index (χ2n) is 3.88. The van der Waals surface area contributed by atoms with Crippen molar-refractivity contribution in [2.45, 2.75) is 5.03 Å². The van der Waals surface area contributed by atoms with Crippen LogP contribution in [0, 0.1) is 5.82 Å². The Bertz CT molecular complexity index is 871. The summed E-state index contributed by atoms with van der Waals surface area (Å²) in [6.07, 6.45) is 1.57. The lowest BCUT2D eigenvalue weighted by molar-refractivity contribution is 0.596. The van der Waals surface area contributed by atoms with E-state index < -0.39 is 15.8 Å². The molecule has 2 heterocycles. The smallest absolute Gasteiger partial charge is 0.278 e. The monoisotopic (exact) mass is 331 g/mol. The van der Waals surface area contributed by atoms with Gasteiger partial charge in [0, 0.05) is 17.3 Å². The molecule has 0 aliphatic rings. The molecule has 0 radical (unpaired) electrons. The van der Waals surface area contributed by atoms with Crippen LogP contribution in [-0.2, 0) is 10.0 Å². The number of fused-ring (bicyclic) bond motifs is 1. The molecule has 9 heteroatoms. The molecule has 3 aromatic rings. The van der Waals surface area contributed by atoms with Crippen LogP contribution in [0.2, 0.25) is 5.15 Å². The summed E-state index contributed by atoms with van der Waals surface area (Å²) in [7, 11) is -3.91. The largest absolute Gasteiger partial charge is 0.281 e. The van der Waals surface area contributed by atoms with E-state index in [-0.39, 0.29) is 15.9 Å². The normalized spacial score (nSPS) is 11.9. The maximum Gasteiger partial charge on any atom is 0.281 e. The Morgan fingerprint density at radius 3 is 2.70 bits per heavy atom. The van der Waals surface area contributed by atoms with E-state index >= 15 is 0 Å². The molecule has 3 rings (SSSR count). The van der Waals surface area contributed by atoms with E-state index in [9.17, 15) is 12.8 Å². The summed E-state index contributed by atoms with van der Waals surface area (Å²) in [6.45, 7) is 0. The highest BCUT2D eigenvalue weighted by atomic mass is 35.5. The van der Waals surface area contributed by atoms with E-state index in [1.54, 1.807) is 11.6 Å². The number of benzene rings is 1. The van der Waals surface area contributed by atoms with Gasteiger partial charge in [-0.3, -0.25) is 9.12 Å². The zero-order valence-electron chi connectivity index (χ0n) is 9.75. The van der Waals surface area contributed by atoms with Gasteiger partial charge in [0.25, 0.3) is 10.0 Å². The van der Waals surface area contributed by atoms with Crippen LogP contribution in [0.4, 0.5) is 10.1 Å². The maximum atomic E-state index is 12.8. The molecule has 1 aromatic carbocycles. The molecule has 5 nitrogen and oxygen atoms in total. The molecule has 20 heavy (non-hydrogen) atoms. The lowest BCUT2D eigenvalue weighted by Gasteiger charge is -2.07. The van der Waals surface area contributed by atoms with Gasteiger partial charge >= 0.3 is 0 Å². The average Bonchev–Trinajstić information content (AvgIpc) is 2.91. The highest BCUT2D eigenvalue weighted by Crippen LogP contribution is 2.27. The second-order valence-corrected chi connectivity index (χ2v) is 6.70. The van der Waals surface area contributed by atoms with Crippen LogP contribution >= 0.6 is 22.9 Å². The van der Waals surface area contributed by atoms with Gasteiger partial charge in [-0.05, 0) is 24.3 Å². The van der Waals surface area contributed by atoms with Crippen molar-refractivity contribution in [3.05, 3.63) is 46.8 Å². The summed E-state index contributed by atoms with van der Waals surface area (Å²) >= 11 is 7.15. The summed E-state index contributed by atoms with van der Waals surface area (Å²) in [6, 6.07) is 4.98. The Balaban J connectivity index is 2.05. The number of halogens is 2. The quantitative estimate of drug-likeness (QED) is 0.802. The van der Waals surface area contributed by atoms with Crippen molar-refractivity contribution in [1.29, 1.82) is 0 Å². The first kappa shape index (κ1) is 13.3. The minimum Gasteiger partial charge on any atom is -0.278 e. The highest BCUT2D eigenvalue weighted by molar-refractivity contribution is 7.92. The van der Waals surface area contributed by atoms with Gasteiger partial charge < -0.3 is 0 Å². The molecule has 0 spiro atoms. The fraction of sp³-hybridized carbons (Fsp3) is 0. The number of anilines is 1. The molecule has 104 valence electrons. The van der Waals surface area contributed by atoms with Gasteiger partial charge in [-0.2, -0.15) is 8.42 Å². The third-order valence-corrected chi connectivity index (χ3v) is 5.07. The number of hydrogen-bond acceptors (Lipinski definition) is 4.